The van der Waals surface area contributed by atoms with Crippen molar-refractivity contribution in [1.82, 2.24) is 14.9 Å². The summed E-state index contributed by atoms with van der Waals surface area (Å²) in [7, 11) is 0. The third-order valence-corrected chi connectivity index (χ3v) is 4.35. The van der Waals surface area contributed by atoms with Gasteiger partial charge in [-0.15, -0.1) is 0 Å². The number of hydrogen-bond donors (Lipinski definition) is 2. The Balaban J connectivity index is 1.80. The van der Waals surface area contributed by atoms with E-state index in [9.17, 15) is 14.7 Å². The van der Waals surface area contributed by atoms with Crippen molar-refractivity contribution in [2.45, 2.75) is 32.2 Å². The van der Waals surface area contributed by atoms with E-state index in [1.807, 2.05) is 19.1 Å². The number of nitrogens with zero attached hydrogens (tertiary/aromatic N) is 2. The molecule has 6 heteroatoms. The fourth-order valence-electron chi connectivity index (χ4n) is 3.10. The Labute approximate surface area is 128 Å². The van der Waals surface area contributed by atoms with Crippen LogP contribution < -0.4 is 0 Å². The predicted octanol–water partition coefficient (Wildman–Crippen LogP) is 1.82. The van der Waals surface area contributed by atoms with Gasteiger partial charge in [-0.25, -0.2) is 9.78 Å². The van der Waals surface area contributed by atoms with Crippen molar-refractivity contribution in [2.24, 2.45) is 5.92 Å². The van der Waals surface area contributed by atoms with Crippen molar-refractivity contribution in [3.8, 4) is 0 Å². The first-order chi connectivity index (χ1) is 10.6. The molecular weight excluding hydrogens is 282 g/mol. The summed E-state index contributed by atoms with van der Waals surface area (Å²) >= 11 is 0. The van der Waals surface area contributed by atoms with Crippen molar-refractivity contribution in [2.75, 3.05) is 6.54 Å². The number of likely N-dealkylation sites (tertiary alicyclic amines) is 1. The molecule has 1 saturated heterocycles. The van der Waals surface area contributed by atoms with Crippen LogP contribution in [-0.2, 0) is 16.0 Å². The van der Waals surface area contributed by atoms with Crippen LogP contribution in [0, 0.1) is 5.92 Å². The Hall–Kier alpha value is -2.37. The van der Waals surface area contributed by atoms with E-state index in [0.29, 0.717) is 18.9 Å². The Bertz CT molecular complexity index is 709. The Morgan fingerprint density at radius 3 is 3.09 bits per heavy atom. The number of carboxylic acids is 1. The number of carbonyl (C=O) groups is 2. The summed E-state index contributed by atoms with van der Waals surface area (Å²) in [6.07, 6.45) is 5.04. The maximum atomic E-state index is 12.6. The van der Waals surface area contributed by atoms with Gasteiger partial charge in [0.1, 0.15) is 11.7 Å². The van der Waals surface area contributed by atoms with Crippen molar-refractivity contribution >= 4 is 22.9 Å². The molecule has 6 nitrogen and oxygen atoms in total. The van der Waals surface area contributed by atoms with Crippen molar-refractivity contribution in [1.29, 1.82) is 0 Å². The van der Waals surface area contributed by atoms with Gasteiger partial charge in [-0.2, -0.15) is 0 Å². The highest BCUT2D eigenvalue weighted by Gasteiger charge is 2.34. The van der Waals surface area contributed by atoms with Gasteiger partial charge in [0.05, 0.1) is 6.42 Å². The van der Waals surface area contributed by atoms with Crippen LogP contribution in [0.2, 0.25) is 0 Å². The normalized spacial score (nSPS) is 22.0. The van der Waals surface area contributed by atoms with E-state index in [1.165, 1.54) is 4.90 Å². The first-order valence-electron chi connectivity index (χ1n) is 7.49. The van der Waals surface area contributed by atoms with Crippen LogP contribution in [0.25, 0.3) is 11.0 Å². The van der Waals surface area contributed by atoms with E-state index < -0.39 is 12.0 Å². The number of nitrogens with one attached hydrogen (secondary N) is 1. The van der Waals surface area contributed by atoms with Gasteiger partial charge < -0.3 is 15.0 Å². The Morgan fingerprint density at radius 2 is 2.32 bits per heavy atom. The third-order valence-electron chi connectivity index (χ3n) is 4.35. The number of carboxylic acid groups (broad SMARTS) is 1. The minimum Gasteiger partial charge on any atom is -0.480 e. The maximum absolute atomic E-state index is 12.6. The topological polar surface area (TPSA) is 86.3 Å². The summed E-state index contributed by atoms with van der Waals surface area (Å²) in [5.74, 6) is -0.716. The molecule has 3 heterocycles. The molecule has 1 aliphatic rings. The highest BCUT2D eigenvalue weighted by Crippen LogP contribution is 2.24. The first-order valence-corrected chi connectivity index (χ1v) is 7.49. The number of piperidine rings is 1. The molecular formula is C16H19N3O3. The molecule has 22 heavy (non-hydrogen) atoms. The lowest BCUT2D eigenvalue weighted by Gasteiger charge is -2.36. The number of H-pyrrole nitrogens is 1. The number of aliphatic carboxylic acids is 1. The average Bonchev–Trinajstić information content (AvgIpc) is 2.90. The van der Waals surface area contributed by atoms with Crippen LogP contribution in [0.5, 0.6) is 0 Å². The van der Waals surface area contributed by atoms with Crippen LogP contribution in [0.1, 0.15) is 25.3 Å². The molecule has 2 unspecified atom stereocenters. The second kappa shape index (κ2) is 5.79. The van der Waals surface area contributed by atoms with E-state index in [0.717, 1.165) is 23.0 Å². The highest BCUT2D eigenvalue weighted by molar-refractivity contribution is 5.89. The van der Waals surface area contributed by atoms with Crippen molar-refractivity contribution in [3.05, 3.63) is 30.1 Å². The molecule has 0 spiro atoms. The van der Waals surface area contributed by atoms with E-state index >= 15 is 0 Å². The largest absolute Gasteiger partial charge is 0.480 e. The monoisotopic (exact) mass is 301 g/mol. The van der Waals surface area contributed by atoms with Gasteiger partial charge in [0, 0.05) is 24.3 Å². The number of carbonyl (C=O) groups excluding carboxylic acids is 1. The zero-order valence-corrected chi connectivity index (χ0v) is 12.5. The summed E-state index contributed by atoms with van der Waals surface area (Å²) in [6.45, 7) is 2.54. The lowest BCUT2D eigenvalue weighted by atomic mass is 9.92. The number of pyridine rings is 1. The molecule has 0 aromatic carbocycles. The van der Waals surface area contributed by atoms with Gasteiger partial charge in [0.15, 0.2) is 0 Å². The van der Waals surface area contributed by atoms with Crippen molar-refractivity contribution in [3.63, 3.8) is 0 Å². The van der Waals surface area contributed by atoms with Crippen LogP contribution in [0.15, 0.2) is 24.5 Å². The van der Waals surface area contributed by atoms with E-state index in [2.05, 4.69) is 9.97 Å². The second-order valence-electron chi connectivity index (χ2n) is 5.96. The molecule has 1 amide bonds. The highest BCUT2D eigenvalue weighted by atomic mass is 16.4. The molecule has 1 fully saturated rings. The summed E-state index contributed by atoms with van der Waals surface area (Å²) < 4.78 is 0. The zero-order chi connectivity index (χ0) is 15.7. The maximum Gasteiger partial charge on any atom is 0.326 e. The summed E-state index contributed by atoms with van der Waals surface area (Å²) in [4.78, 5) is 32.7. The molecule has 2 aromatic heterocycles. The minimum absolute atomic E-state index is 0.135. The fraction of sp³-hybridized carbons (Fsp3) is 0.438. The van der Waals surface area contributed by atoms with Crippen LogP contribution >= 0.6 is 0 Å². The lowest BCUT2D eigenvalue weighted by Crippen LogP contribution is -2.50. The zero-order valence-electron chi connectivity index (χ0n) is 12.5. The summed E-state index contributed by atoms with van der Waals surface area (Å²) in [6, 6.07) is 3.03. The molecule has 116 valence electrons. The van der Waals surface area contributed by atoms with Crippen LogP contribution in [0.3, 0.4) is 0 Å². The standard InChI is InChI=1S/C16H19N3O3/c1-10-4-6-19(13(7-10)16(21)22)14(20)8-11-9-18-15-12(11)3-2-5-17-15/h2-3,5,9-10,13H,4,6-8H2,1H3,(H,17,18)(H,21,22). The minimum atomic E-state index is -0.916. The molecule has 0 radical (unpaired) electrons. The van der Waals surface area contributed by atoms with E-state index in [-0.39, 0.29) is 12.3 Å². The van der Waals surface area contributed by atoms with Gasteiger partial charge in [0.25, 0.3) is 0 Å². The van der Waals surface area contributed by atoms with Gasteiger partial charge in [0.2, 0.25) is 5.91 Å². The number of aromatic nitrogens is 2. The third kappa shape index (κ3) is 2.68. The number of fused-ring (bicyclic) bond motifs is 1. The number of aromatic amines is 1. The number of amides is 1. The molecule has 0 bridgehead atoms. The molecule has 2 aromatic rings. The Kier molecular flexibility index (Phi) is 3.83. The molecule has 2 N–H and O–H groups in total. The molecule has 0 aliphatic carbocycles. The fourth-order valence-corrected chi connectivity index (χ4v) is 3.10. The van der Waals surface area contributed by atoms with Gasteiger partial charge >= 0.3 is 5.97 Å². The second-order valence-corrected chi connectivity index (χ2v) is 5.96. The predicted molar refractivity (Wildman–Crippen MR) is 81.3 cm³/mol. The first kappa shape index (κ1) is 14.6. The van der Waals surface area contributed by atoms with E-state index in [1.54, 1.807) is 12.4 Å². The average molecular weight is 301 g/mol. The number of rotatable bonds is 3. The molecule has 0 saturated carbocycles. The van der Waals surface area contributed by atoms with Crippen LogP contribution in [-0.4, -0.2) is 44.4 Å². The summed E-state index contributed by atoms with van der Waals surface area (Å²) in [5.41, 5.74) is 1.60. The molecule has 3 rings (SSSR count). The van der Waals surface area contributed by atoms with E-state index in [4.69, 9.17) is 0 Å². The molecule has 2 atom stereocenters. The van der Waals surface area contributed by atoms with Crippen molar-refractivity contribution < 1.29 is 14.7 Å². The van der Waals surface area contributed by atoms with Crippen LogP contribution in [0.4, 0.5) is 0 Å². The smallest absolute Gasteiger partial charge is 0.326 e. The lowest BCUT2D eigenvalue weighted by molar-refractivity contribution is -0.152. The number of hydrogen-bond acceptors (Lipinski definition) is 3. The SMILES string of the molecule is CC1CCN(C(=O)Cc2c[nH]c3ncccc23)C(C(=O)O)C1. The van der Waals surface area contributed by atoms with Gasteiger partial charge in [-0.3, -0.25) is 4.79 Å². The quantitative estimate of drug-likeness (QED) is 0.905. The summed E-state index contributed by atoms with van der Waals surface area (Å²) in [5, 5.41) is 10.3. The van der Waals surface area contributed by atoms with Gasteiger partial charge in [-0.05, 0) is 36.5 Å². The Morgan fingerprint density at radius 1 is 1.50 bits per heavy atom. The van der Waals surface area contributed by atoms with Gasteiger partial charge in [-0.1, -0.05) is 6.92 Å². The molecule has 1 aliphatic heterocycles.